The smallest absolute Gasteiger partial charge is 0.123 e. The first kappa shape index (κ1) is 12.2. The molecule has 0 bridgehead atoms. The van der Waals surface area contributed by atoms with Crippen molar-refractivity contribution in [1.82, 2.24) is 0 Å². The predicted molar refractivity (Wildman–Crippen MR) is 62.2 cm³/mol. The van der Waals surface area contributed by atoms with Gasteiger partial charge in [0.05, 0.1) is 0 Å². The van der Waals surface area contributed by atoms with Crippen LogP contribution in [0.1, 0.15) is 38.7 Å². The van der Waals surface area contributed by atoms with Gasteiger partial charge in [-0.05, 0) is 42.9 Å². The third-order valence-corrected chi connectivity index (χ3v) is 2.71. The molecule has 0 aliphatic carbocycles. The van der Waals surface area contributed by atoms with Gasteiger partial charge in [-0.15, -0.1) is 0 Å². The van der Waals surface area contributed by atoms with Crippen LogP contribution in [0.3, 0.4) is 0 Å². The molecular weight excluding hydrogens is 189 g/mol. The fourth-order valence-corrected chi connectivity index (χ4v) is 1.93. The van der Waals surface area contributed by atoms with E-state index in [1.165, 1.54) is 6.07 Å². The van der Waals surface area contributed by atoms with Gasteiger partial charge in [0.2, 0.25) is 0 Å². The standard InChI is InChI=1S/C13H20FN/c1-9(2)13(7-10(3)15)11-5-4-6-12(14)8-11/h4-6,8-10,13H,7,15H2,1-3H3. The molecule has 2 N–H and O–H groups in total. The van der Waals surface area contributed by atoms with Crippen LogP contribution in [0.5, 0.6) is 0 Å². The number of hydrogen-bond acceptors (Lipinski definition) is 1. The second-order valence-corrected chi connectivity index (χ2v) is 4.62. The third-order valence-electron chi connectivity index (χ3n) is 2.71. The third kappa shape index (κ3) is 3.63. The summed E-state index contributed by atoms with van der Waals surface area (Å²) in [5, 5.41) is 0. The van der Waals surface area contributed by atoms with Crippen molar-refractivity contribution in [2.24, 2.45) is 11.7 Å². The highest BCUT2D eigenvalue weighted by Gasteiger charge is 2.17. The molecule has 15 heavy (non-hydrogen) atoms. The molecule has 0 heterocycles. The summed E-state index contributed by atoms with van der Waals surface area (Å²) < 4.78 is 13.1. The minimum atomic E-state index is -0.164. The maximum atomic E-state index is 13.1. The van der Waals surface area contributed by atoms with Crippen molar-refractivity contribution < 1.29 is 4.39 Å². The van der Waals surface area contributed by atoms with Crippen LogP contribution in [-0.2, 0) is 0 Å². The van der Waals surface area contributed by atoms with Gasteiger partial charge in [0, 0.05) is 6.04 Å². The largest absolute Gasteiger partial charge is 0.328 e. The Labute approximate surface area is 91.5 Å². The molecule has 0 amide bonds. The van der Waals surface area contributed by atoms with Crippen LogP contribution in [0.4, 0.5) is 4.39 Å². The maximum Gasteiger partial charge on any atom is 0.123 e. The zero-order valence-corrected chi connectivity index (χ0v) is 9.70. The maximum absolute atomic E-state index is 13.1. The van der Waals surface area contributed by atoms with Gasteiger partial charge in [0.15, 0.2) is 0 Å². The van der Waals surface area contributed by atoms with Gasteiger partial charge in [-0.1, -0.05) is 26.0 Å². The van der Waals surface area contributed by atoms with Crippen molar-refractivity contribution in [2.45, 2.75) is 39.2 Å². The lowest BCUT2D eigenvalue weighted by Gasteiger charge is -2.23. The molecule has 1 aromatic rings. The van der Waals surface area contributed by atoms with E-state index in [1.54, 1.807) is 12.1 Å². The second-order valence-electron chi connectivity index (χ2n) is 4.62. The topological polar surface area (TPSA) is 26.0 Å². The Bertz CT molecular complexity index is 307. The molecule has 1 rings (SSSR count). The normalized spacial score (nSPS) is 15.3. The minimum absolute atomic E-state index is 0.153. The molecule has 2 atom stereocenters. The van der Waals surface area contributed by atoms with E-state index in [9.17, 15) is 4.39 Å². The van der Waals surface area contributed by atoms with Crippen LogP contribution in [0.15, 0.2) is 24.3 Å². The summed E-state index contributed by atoms with van der Waals surface area (Å²) in [6, 6.07) is 7.00. The van der Waals surface area contributed by atoms with E-state index in [-0.39, 0.29) is 11.9 Å². The Kier molecular flexibility index (Phi) is 4.28. The highest BCUT2D eigenvalue weighted by Crippen LogP contribution is 2.28. The van der Waals surface area contributed by atoms with E-state index in [4.69, 9.17) is 5.73 Å². The van der Waals surface area contributed by atoms with E-state index in [2.05, 4.69) is 13.8 Å². The lowest BCUT2D eigenvalue weighted by Crippen LogP contribution is -2.21. The van der Waals surface area contributed by atoms with Gasteiger partial charge < -0.3 is 5.73 Å². The van der Waals surface area contributed by atoms with Crippen LogP contribution in [-0.4, -0.2) is 6.04 Å². The molecule has 0 saturated carbocycles. The van der Waals surface area contributed by atoms with Gasteiger partial charge in [-0.2, -0.15) is 0 Å². The minimum Gasteiger partial charge on any atom is -0.328 e. The SMILES string of the molecule is CC(N)CC(c1cccc(F)c1)C(C)C. The first-order valence-electron chi connectivity index (χ1n) is 5.51. The molecule has 2 heteroatoms. The highest BCUT2D eigenvalue weighted by atomic mass is 19.1. The van der Waals surface area contributed by atoms with Crippen LogP contribution in [0.2, 0.25) is 0 Å². The van der Waals surface area contributed by atoms with Gasteiger partial charge in [0.1, 0.15) is 5.82 Å². The van der Waals surface area contributed by atoms with E-state index >= 15 is 0 Å². The van der Waals surface area contributed by atoms with Crippen LogP contribution >= 0.6 is 0 Å². The number of benzene rings is 1. The fourth-order valence-electron chi connectivity index (χ4n) is 1.93. The monoisotopic (exact) mass is 209 g/mol. The average molecular weight is 209 g/mol. The zero-order valence-electron chi connectivity index (χ0n) is 9.70. The molecule has 0 aromatic heterocycles. The Morgan fingerprint density at radius 3 is 2.40 bits per heavy atom. The second kappa shape index (κ2) is 5.26. The molecule has 1 nitrogen and oxygen atoms in total. The molecule has 1 aromatic carbocycles. The number of nitrogens with two attached hydrogens (primary N) is 1. The van der Waals surface area contributed by atoms with Gasteiger partial charge in [0.25, 0.3) is 0 Å². The van der Waals surface area contributed by atoms with Gasteiger partial charge >= 0.3 is 0 Å². The average Bonchev–Trinajstić information content (AvgIpc) is 2.13. The fraction of sp³-hybridized carbons (Fsp3) is 0.538. The van der Waals surface area contributed by atoms with E-state index in [1.807, 2.05) is 13.0 Å². The van der Waals surface area contributed by atoms with Gasteiger partial charge in [-0.3, -0.25) is 0 Å². The molecule has 0 fully saturated rings. The Morgan fingerprint density at radius 2 is 1.93 bits per heavy atom. The van der Waals surface area contributed by atoms with E-state index in [0.717, 1.165) is 12.0 Å². The summed E-state index contributed by atoms with van der Waals surface area (Å²) in [4.78, 5) is 0. The van der Waals surface area contributed by atoms with E-state index in [0.29, 0.717) is 11.8 Å². The summed E-state index contributed by atoms with van der Waals surface area (Å²) in [7, 11) is 0. The molecule has 0 spiro atoms. The van der Waals surface area contributed by atoms with Crippen LogP contribution in [0, 0.1) is 11.7 Å². The molecular formula is C13H20FN. The summed E-state index contributed by atoms with van der Waals surface area (Å²) in [5.41, 5.74) is 6.87. The molecule has 0 aliphatic heterocycles. The molecule has 0 saturated heterocycles. The molecule has 0 radical (unpaired) electrons. The summed E-state index contributed by atoms with van der Waals surface area (Å²) in [6.07, 6.45) is 0.904. The van der Waals surface area contributed by atoms with Crippen LogP contribution < -0.4 is 5.73 Å². The summed E-state index contributed by atoms with van der Waals surface area (Å²) in [6.45, 7) is 6.30. The van der Waals surface area contributed by atoms with Crippen molar-refractivity contribution in [2.75, 3.05) is 0 Å². The number of hydrogen-bond donors (Lipinski definition) is 1. The Balaban J connectivity index is 2.88. The van der Waals surface area contributed by atoms with Gasteiger partial charge in [-0.25, -0.2) is 4.39 Å². The lowest BCUT2D eigenvalue weighted by atomic mass is 9.84. The van der Waals surface area contributed by atoms with Crippen molar-refractivity contribution in [1.29, 1.82) is 0 Å². The molecule has 0 aliphatic rings. The van der Waals surface area contributed by atoms with Crippen molar-refractivity contribution in [3.63, 3.8) is 0 Å². The predicted octanol–water partition coefficient (Wildman–Crippen LogP) is 3.30. The summed E-state index contributed by atoms with van der Waals surface area (Å²) >= 11 is 0. The molecule has 84 valence electrons. The quantitative estimate of drug-likeness (QED) is 0.809. The Morgan fingerprint density at radius 1 is 1.27 bits per heavy atom. The molecule has 2 unspecified atom stereocenters. The number of halogens is 1. The van der Waals surface area contributed by atoms with Crippen molar-refractivity contribution >= 4 is 0 Å². The lowest BCUT2D eigenvalue weighted by molar-refractivity contribution is 0.436. The zero-order chi connectivity index (χ0) is 11.4. The Hall–Kier alpha value is -0.890. The van der Waals surface area contributed by atoms with Crippen molar-refractivity contribution in [3.05, 3.63) is 35.6 Å². The first-order valence-corrected chi connectivity index (χ1v) is 5.51. The van der Waals surface area contributed by atoms with E-state index < -0.39 is 0 Å². The van der Waals surface area contributed by atoms with Crippen LogP contribution in [0.25, 0.3) is 0 Å². The van der Waals surface area contributed by atoms with Crippen molar-refractivity contribution in [3.8, 4) is 0 Å². The highest BCUT2D eigenvalue weighted by molar-refractivity contribution is 5.21. The first-order chi connectivity index (χ1) is 7.00. The number of rotatable bonds is 4. The summed E-state index contributed by atoms with van der Waals surface area (Å²) in [5.74, 6) is 0.668.